The second-order valence-electron chi connectivity index (χ2n) is 8.55. The topological polar surface area (TPSA) is 158 Å². The van der Waals surface area contributed by atoms with E-state index in [1.54, 1.807) is 24.4 Å². The zero-order valence-corrected chi connectivity index (χ0v) is 20.4. The molecule has 0 aliphatic carbocycles. The van der Waals surface area contributed by atoms with Crippen LogP contribution in [0.25, 0.3) is 0 Å². The Morgan fingerprint density at radius 3 is 2.73 bits per heavy atom. The Balaban J connectivity index is 1.56. The molecule has 0 radical (unpaired) electrons. The molecule has 2 atom stereocenters. The van der Waals surface area contributed by atoms with Gasteiger partial charge in [-0.05, 0) is 30.5 Å². The largest absolute Gasteiger partial charge is 0.407 e. The van der Waals surface area contributed by atoms with Crippen molar-refractivity contribution in [1.29, 1.82) is 5.41 Å². The molecule has 37 heavy (non-hydrogen) atoms. The van der Waals surface area contributed by atoms with E-state index in [-0.39, 0.29) is 24.4 Å². The number of pyridine rings is 1. The Bertz CT molecular complexity index is 1320. The predicted molar refractivity (Wildman–Crippen MR) is 144 cm³/mol. The van der Waals surface area contributed by atoms with Gasteiger partial charge >= 0.3 is 0 Å². The van der Waals surface area contributed by atoms with Crippen molar-refractivity contribution in [3.8, 4) is 0 Å². The summed E-state index contributed by atoms with van der Waals surface area (Å²) in [5.41, 5.74) is 9.18. The molecule has 190 valence electrons. The second kappa shape index (κ2) is 11.9. The van der Waals surface area contributed by atoms with Crippen LogP contribution >= 0.6 is 0 Å². The summed E-state index contributed by atoms with van der Waals surface area (Å²) >= 11 is 0. The second-order valence-corrected chi connectivity index (χ2v) is 8.55. The quantitative estimate of drug-likeness (QED) is 0.237. The average molecular weight is 500 g/mol. The summed E-state index contributed by atoms with van der Waals surface area (Å²) in [6.07, 6.45) is 1.10. The lowest BCUT2D eigenvalue weighted by Crippen LogP contribution is -2.29. The molecule has 2 heterocycles. The first-order valence-electron chi connectivity index (χ1n) is 11.9. The molecule has 0 fully saturated rings. The van der Waals surface area contributed by atoms with Crippen LogP contribution in [0.2, 0.25) is 0 Å². The number of amidine groups is 1. The fraction of sp³-hybridized carbons (Fsp3) is 0.222. The molecule has 6 N–H and O–H groups in total. The maximum Gasteiger partial charge on any atom is 0.291 e. The van der Waals surface area contributed by atoms with Crippen molar-refractivity contribution < 1.29 is 14.6 Å². The molecule has 1 aliphatic rings. The SMILES string of the molecule is C[C@H](CO)CCNc1ncccc1C(=N)O/C(N)=N/C1N=C(c2ccccc2)c2ccccc2NC1=O. The minimum atomic E-state index is -1.22. The highest BCUT2D eigenvalue weighted by atomic mass is 16.5. The molecule has 1 aromatic heterocycles. The highest BCUT2D eigenvalue weighted by Crippen LogP contribution is 2.24. The number of para-hydroxylation sites is 1. The van der Waals surface area contributed by atoms with Crippen LogP contribution in [0.15, 0.2) is 82.9 Å². The molecule has 0 spiro atoms. The van der Waals surface area contributed by atoms with Gasteiger partial charge in [-0.2, -0.15) is 4.99 Å². The minimum absolute atomic E-state index is 0.0942. The molecule has 4 rings (SSSR count). The Kier molecular flexibility index (Phi) is 8.22. The molecular formula is C27H29N7O3. The van der Waals surface area contributed by atoms with E-state index >= 15 is 0 Å². The number of anilines is 2. The van der Waals surface area contributed by atoms with Gasteiger partial charge in [-0.3, -0.25) is 10.2 Å². The first kappa shape index (κ1) is 25.5. The van der Waals surface area contributed by atoms with Gasteiger partial charge in [-0.25, -0.2) is 9.98 Å². The first-order valence-corrected chi connectivity index (χ1v) is 11.9. The van der Waals surface area contributed by atoms with Crippen LogP contribution in [0.1, 0.15) is 30.0 Å². The Morgan fingerprint density at radius 1 is 1.19 bits per heavy atom. The van der Waals surface area contributed by atoms with Crippen molar-refractivity contribution in [2.75, 3.05) is 23.8 Å². The Morgan fingerprint density at radius 2 is 1.95 bits per heavy atom. The van der Waals surface area contributed by atoms with E-state index in [0.717, 1.165) is 17.5 Å². The molecule has 10 nitrogen and oxygen atoms in total. The Labute approximate surface area is 214 Å². The van der Waals surface area contributed by atoms with Crippen molar-refractivity contribution in [1.82, 2.24) is 4.98 Å². The van der Waals surface area contributed by atoms with Gasteiger partial charge in [0.05, 0.1) is 17.0 Å². The summed E-state index contributed by atoms with van der Waals surface area (Å²) in [6, 6.07) is 19.8. The number of benzene rings is 2. The molecular weight excluding hydrogens is 470 g/mol. The van der Waals surface area contributed by atoms with E-state index in [9.17, 15) is 9.90 Å². The molecule has 1 unspecified atom stereocenters. The lowest BCUT2D eigenvalue weighted by Gasteiger charge is -2.14. The van der Waals surface area contributed by atoms with Crippen LogP contribution < -0.4 is 16.4 Å². The number of ether oxygens (including phenoxy) is 1. The van der Waals surface area contributed by atoms with E-state index in [2.05, 4.69) is 25.6 Å². The number of rotatable bonds is 8. The summed E-state index contributed by atoms with van der Waals surface area (Å²) in [4.78, 5) is 26.0. The van der Waals surface area contributed by atoms with Gasteiger partial charge in [0.15, 0.2) is 0 Å². The molecule has 0 bridgehead atoms. The fourth-order valence-electron chi connectivity index (χ4n) is 3.72. The highest BCUT2D eigenvalue weighted by molar-refractivity contribution is 6.19. The maximum atomic E-state index is 13.0. The summed E-state index contributed by atoms with van der Waals surface area (Å²) in [5.74, 6) is -0.177. The third-order valence-corrected chi connectivity index (χ3v) is 5.72. The number of nitrogens with one attached hydrogen (secondary N) is 3. The summed E-state index contributed by atoms with van der Waals surface area (Å²) in [5, 5.41) is 23.6. The number of aliphatic hydroxyl groups is 1. The minimum Gasteiger partial charge on any atom is -0.407 e. The van der Waals surface area contributed by atoms with Crippen LogP contribution in [-0.4, -0.2) is 52.9 Å². The van der Waals surface area contributed by atoms with E-state index < -0.39 is 12.1 Å². The normalized spacial score (nSPS) is 16.1. The van der Waals surface area contributed by atoms with Gasteiger partial charge in [-0.15, -0.1) is 0 Å². The van der Waals surface area contributed by atoms with E-state index in [4.69, 9.17) is 15.9 Å². The van der Waals surface area contributed by atoms with Crippen molar-refractivity contribution >= 4 is 35.0 Å². The van der Waals surface area contributed by atoms with E-state index in [0.29, 0.717) is 29.3 Å². The third kappa shape index (κ3) is 6.36. The molecule has 0 saturated carbocycles. The van der Waals surface area contributed by atoms with Gasteiger partial charge in [-0.1, -0.05) is 55.5 Å². The number of aromatic nitrogens is 1. The van der Waals surface area contributed by atoms with E-state index in [1.807, 2.05) is 55.5 Å². The number of nitrogens with two attached hydrogens (primary N) is 1. The molecule has 1 amide bonds. The number of aliphatic imine (C=N–C) groups is 2. The van der Waals surface area contributed by atoms with Gasteiger partial charge in [0.1, 0.15) is 5.82 Å². The monoisotopic (exact) mass is 499 g/mol. The van der Waals surface area contributed by atoms with Crippen molar-refractivity contribution in [3.05, 3.63) is 89.6 Å². The number of nitrogens with zero attached hydrogens (tertiary/aromatic N) is 3. The fourth-order valence-corrected chi connectivity index (χ4v) is 3.72. The van der Waals surface area contributed by atoms with Crippen LogP contribution in [0.3, 0.4) is 0 Å². The molecule has 2 aromatic carbocycles. The van der Waals surface area contributed by atoms with E-state index in [1.165, 1.54) is 0 Å². The van der Waals surface area contributed by atoms with Crippen LogP contribution in [-0.2, 0) is 9.53 Å². The highest BCUT2D eigenvalue weighted by Gasteiger charge is 2.26. The number of aliphatic hydroxyl groups excluding tert-OH is 1. The lowest BCUT2D eigenvalue weighted by atomic mass is 10.0. The van der Waals surface area contributed by atoms with Gasteiger partial charge < -0.3 is 26.2 Å². The van der Waals surface area contributed by atoms with Crippen molar-refractivity contribution in [2.45, 2.75) is 19.5 Å². The maximum absolute atomic E-state index is 13.0. The standard InChI is InChI=1S/C27H29N7O3/c1-17(16-35)13-15-31-24-20(11-7-14-30-24)23(28)37-27(29)34-25-26(36)32-21-12-6-5-10-19(21)22(33-25)18-8-3-2-4-9-18/h2-12,14,17,25,28,35H,13,15-16H2,1H3,(H2,29,34)(H,30,31)(H,32,36)/t17-,25?/m0/s1. The number of amides is 1. The lowest BCUT2D eigenvalue weighted by molar-refractivity contribution is -0.117. The summed E-state index contributed by atoms with van der Waals surface area (Å²) in [7, 11) is 0. The van der Waals surface area contributed by atoms with Gasteiger partial charge in [0.2, 0.25) is 12.1 Å². The molecule has 0 saturated heterocycles. The number of hydrogen-bond acceptors (Lipinski definition) is 8. The average Bonchev–Trinajstić information content (AvgIpc) is 3.05. The smallest absolute Gasteiger partial charge is 0.291 e. The van der Waals surface area contributed by atoms with Crippen molar-refractivity contribution in [3.63, 3.8) is 0 Å². The predicted octanol–water partition coefficient (Wildman–Crippen LogP) is 2.98. The zero-order chi connectivity index (χ0) is 26.2. The molecule has 1 aliphatic heterocycles. The number of hydrogen-bond donors (Lipinski definition) is 5. The van der Waals surface area contributed by atoms with Gasteiger partial charge in [0, 0.05) is 30.5 Å². The summed E-state index contributed by atoms with van der Waals surface area (Å²) in [6.45, 7) is 2.59. The number of carbonyl (C=O) groups excluding carboxylic acids is 1. The third-order valence-electron chi connectivity index (χ3n) is 5.72. The zero-order valence-electron chi connectivity index (χ0n) is 20.4. The Hall–Kier alpha value is -4.57. The number of benzodiazepines with no additional fused rings is 1. The first-order chi connectivity index (χ1) is 18.0. The molecule has 3 aromatic rings. The van der Waals surface area contributed by atoms with Crippen LogP contribution in [0, 0.1) is 11.3 Å². The van der Waals surface area contributed by atoms with Crippen LogP contribution in [0.5, 0.6) is 0 Å². The number of carbonyl (C=O) groups is 1. The molecule has 10 heteroatoms. The summed E-state index contributed by atoms with van der Waals surface area (Å²) < 4.78 is 5.48. The van der Waals surface area contributed by atoms with Gasteiger partial charge in [0.25, 0.3) is 11.9 Å². The number of fused-ring (bicyclic) bond motifs is 1. The van der Waals surface area contributed by atoms with Crippen molar-refractivity contribution in [2.24, 2.45) is 21.6 Å². The van der Waals surface area contributed by atoms with Crippen LogP contribution in [0.4, 0.5) is 11.5 Å².